The number of hydrogen-bond acceptors (Lipinski definition) is 6. The molecule has 2 fully saturated rings. The number of nitrogens with zero attached hydrogens (tertiary/aromatic N) is 2. The van der Waals surface area contributed by atoms with E-state index in [-0.39, 0.29) is 38.2 Å². The van der Waals surface area contributed by atoms with Crippen molar-refractivity contribution in [3.8, 4) is 17.7 Å². The van der Waals surface area contributed by atoms with Gasteiger partial charge in [-0.3, -0.25) is 4.90 Å². The molecule has 1 aromatic heterocycles. The Morgan fingerprint density at radius 1 is 1.32 bits per heavy atom. The van der Waals surface area contributed by atoms with Gasteiger partial charge < -0.3 is 14.8 Å². The minimum Gasteiger partial charge on any atom is -0.475 e. The molecule has 1 saturated carbocycles. The molecule has 8 heteroatoms. The summed E-state index contributed by atoms with van der Waals surface area (Å²) in [5.41, 5.74) is 0.0219. The van der Waals surface area contributed by atoms with Gasteiger partial charge in [0.2, 0.25) is 5.88 Å². The molecule has 1 saturated heterocycles. The van der Waals surface area contributed by atoms with Gasteiger partial charge in [0.25, 0.3) is 0 Å². The van der Waals surface area contributed by atoms with Gasteiger partial charge in [-0.05, 0) is 11.8 Å². The van der Waals surface area contributed by atoms with Gasteiger partial charge in [-0.15, -0.1) is 0 Å². The highest BCUT2D eigenvalue weighted by Crippen LogP contribution is 2.72. The van der Waals surface area contributed by atoms with Gasteiger partial charge in [0, 0.05) is 50.0 Å². The van der Waals surface area contributed by atoms with Crippen LogP contribution in [0.15, 0.2) is 6.20 Å². The van der Waals surface area contributed by atoms with Crippen LogP contribution < -0.4 is 10.1 Å². The van der Waals surface area contributed by atoms with Crippen molar-refractivity contribution in [2.75, 3.05) is 45.9 Å². The van der Waals surface area contributed by atoms with Crippen LogP contribution in [-0.4, -0.2) is 61.8 Å². The number of hydrogen-bond donors (Lipinski definition) is 1. The summed E-state index contributed by atoms with van der Waals surface area (Å²) in [5, 5.41) is 3.57. The number of halogens is 2. The standard InChI is InChI=1S/C23H29Cl2N3O3/c1-15-4-5-17-22(2,3)23(17,12-15)14-31-21(29)18-16(24)13-27-20(19(18)25)30-11-10-28-8-6-26-7-9-28/h13,15,17,26H,6-12,14H2,1-3H3. The molecule has 0 spiro atoms. The van der Waals surface area contributed by atoms with Crippen LogP contribution in [0.4, 0.5) is 0 Å². The number of rotatable bonds is 7. The van der Waals surface area contributed by atoms with E-state index in [9.17, 15) is 4.79 Å². The Bertz CT molecular complexity index is 921. The van der Waals surface area contributed by atoms with E-state index in [0.717, 1.165) is 39.1 Å². The second kappa shape index (κ2) is 8.78. The molecule has 0 bridgehead atoms. The molecule has 1 aromatic rings. The van der Waals surface area contributed by atoms with Crippen molar-refractivity contribution in [2.24, 2.45) is 22.7 Å². The van der Waals surface area contributed by atoms with Crippen LogP contribution in [0.5, 0.6) is 5.88 Å². The predicted molar refractivity (Wildman–Crippen MR) is 121 cm³/mol. The molecule has 1 N–H and O–H groups in total. The Morgan fingerprint density at radius 2 is 2.06 bits per heavy atom. The van der Waals surface area contributed by atoms with E-state index in [1.807, 2.05) is 0 Å². The van der Waals surface area contributed by atoms with Crippen LogP contribution in [0.25, 0.3) is 0 Å². The molecule has 3 atom stereocenters. The third-order valence-electron chi connectivity index (χ3n) is 7.08. The number of aromatic nitrogens is 1. The van der Waals surface area contributed by atoms with Crippen LogP contribution >= 0.6 is 23.2 Å². The number of esters is 1. The quantitative estimate of drug-likeness (QED) is 0.490. The molecule has 0 amide bonds. The zero-order valence-electron chi connectivity index (χ0n) is 18.3. The lowest BCUT2D eigenvalue weighted by Gasteiger charge is -2.26. The number of carbonyl (C=O) groups is 1. The average molecular weight is 466 g/mol. The van der Waals surface area contributed by atoms with Crippen molar-refractivity contribution in [1.82, 2.24) is 15.2 Å². The van der Waals surface area contributed by atoms with Gasteiger partial charge in [-0.25, -0.2) is 9.78 Å². The van der Waals surface area contributed by atoms with Crippen LogP contribution in [0.2, 0.25) is 10.0 Å². The van der Waals surface area contributed by atoms with E-state index in [0.29, 0.717) is 19.1 Å². The Labute approximate surface area is 194 Å². The highest BCUT2D eigenvalue weighted by molar-refractivity contribution is 6.39. The molecule has 3 aliphatic rings. The molecular weight excluding hydrogens is 437 g/mol. The van der Waals surface area contributed by atoms with E-state index >= 15 is 0 Å². The number of carbonyl (C=O) groups excluding carboxylic acids is 1. The zero-order chi connectivity index (χ0) is 22.2. The van der Waals surface area contributed by atoms with Gasteiger partial charge in [0.1, 0.15) is 17.2 Å². The summed E-state index contributed by atoms with van der Waals surface area (Å²) in [5.74, 6) is 6.82. The molecular formula is C23H29Cl2N3O3. The number of ether oxygens (including phenoxy) is 2. The van der Waals surface area contributed by atoms with Crippen LogP contribution in [0.1, 0.15) is 37.6 Å². The topological polar surface area (TPSA) is 63.7 Å². The van der Waals surface area contributed by atoms with E-state index in [4.69, 9.17) is 32.7 Å². The highest BCUT2D eigenvalue weighted by Gasteiger charge is 2.71. The normalized spacial score (nSPS) is 28.8. The summed E-state index contributed by atoms with van der Waals surface area (Å²) in [6.45, 7) is 11.9. The van der Waals surface area contributed by atoms with Crippen molar-refractivity contribution in [2.45, 2.75) is 27.2 Å². The van der Waals surface area contributed by atoms with Crippen molar-refractivity contribution < 1.29 is 14.3 Å². The number of nitrogens with one attached hydrogen (secondary N) is 1. The first-order chi connectivity index (χ1) is 14.8. The summed E-state index contributed by atoms with van der Waals surface area (Å²) < 4.78 is 11.5. The second-order valence-corrected chi connectivity index (χ2v) is 10.1. The Balaban J connectivity index is 1.40. The molecule has 168 valence electrons. The largest absolute Gasteiger partial charge is 0.475 e. The molecule has 31 heavy (non-hydrogen) atoms. The van der Waals surface area contributed by atoms with Crippen molar-refractivity contribution in [3.63, 3.8) is 0 Å². The molecule has 1 aliphatic heterocycles. The lowest BCUT2D eigenvalue weighted by Crippen LogP contribution is -2.44. The summed E-state index contributed by atoms with van der Waals surface area (Å²) in [6.07, 6.45) is 2.31. The molecule has 3 unspecified atom stereocenters. The monoisotopic (exact) mass is 465 g/mol. The molecule has 2 heterocycles. The first kappa shape index (κ1) is 22.7. The summed E-state index contributed by atoms with van der Waals surface area (Å²) in [4.78, 5) is 19.4. The maximum atomic E-state index is 12.9. The first-order valence-electron chi connectivity index (χ1n) is 10.8. The maximum absolute atomic E-state index is 12.9. The molecule has 4 rings (SSSR count). The summed E-state index contributed by atoms with van der Waals surface area (Å²) in [6, 6.07) is 0. The SMILES string of the molecule is CC1C#CC2C(C)(C)C2(COC(=O)c2c(Cl)cnc(OCCN3CCNCC3)c2Cl)C1. The van der Waals surface area contributed by atoms with Gasteiger partial charge in [-0.1, -0.05) is 55.8 Å². The minimum absolute atomic E-state index is 0.0229. The summed E-state index contributed by atoms with van der Waals surface area (Å²) in [7, 11) is 0. The van der Waals surface area contributed by atoms with Crippen LogP contribution in [-0.2, 0) is 4.74 Å². The Morgan fingerprint density at radius 3 is 2.81 bits per heavy atom. The van der Waals surface area contributed by atoms with Crippen molar-refractivity contribution in [1.29, 1.82) is 0 Å². The number of fused-ring (bicyclic) bond motifs is 1. The van der Waals surface area contributed by atoms with Crippen LogP contribution in [0, 0.1) is 34.5 Å². The van der Waals surface area contributed by atoms with Gasteiger partial charge >= 0.3 is 5.97 Å². The van der Waals surface area contributed by atoms with E-state index < -0.39 is 5.97 Å². The lowest BCUT2D eigenvalue weighted by atomic mass is 9.85. The lowest BCUT2D eigenvalue weighted by molar-refractivity contribution is 0.0353. The number of piperazine rings is 1. The fraction of sp³-hybridized carbons (Fsp3) is 0.652. The first-order valence-corrected chi connectivity index (χ1v) is 11.6. The maximum Gasteiger partial charge on any atom is 0.341 e. The van der Waals surface area contributed by atoms with Crippen molar-refractivity contribution in [3.05, 3.63) is 21.8 Å². The van der Waals surface area contributed by atoms with Gasteiger partial charge in [0.15, 0.2) is 0 Å². The summed E-state index contributed by atoms with van der Waals surface area (Å²) >= 11 is 12.7. The fourth-order valence-corrected chi connectivity index (χ4v) is 5.55. The van der Waals surface area contributed by atoms with E-state index in [1.54, 1.807) is 0 Å². The zero-order valence-corrected chi connectivity index (χ0v) is 19.8. The Kier molecular flexibility index (Phi) is 6.42. The van der Waals surface area contributed by atoms with Gasteiger partial charge in [0.05, 0.1) is 17.8 Å². The molecule has 6 nitrogen and oxygen atoms in total. The molecule has 2 aliphatic carbocycles. The average Bonchev–Trinajstić information content (AvgIpc) is 3.23. The third kappa shape index (κ3) is 4.26. The predicted octanol–water partition coefficient (Wildman–Crippen LogP) is 3.51. The number of pyridine rings is 1. The third-order valence-corrected chi connectivity index (χ3v) is 7.72. The van der Waals surface area contributed by atoms with E-state index in [2.05, 4.69) is 47.8 Å². The highest BCUT2D eigenvalue weighted by atomic mass is 35.5. The second-order valence-electron chi connectivity index (χ2n) is 9.32. The van der Waals surface area contributed by atoms with E-state index in [1.165, 1.54) is 6.20 Å². The van der Waals surface area contributed by atoms with Gasteiger partial charge in [-0.2, -0.15) is 0 Å². The fourth-order valence-electron chi connectivity index (χ4n) is 5.00. The molecule has 0 aromatic carbocycles. The van der Waals surface area contributed by atoms with Crippen LogP contribution in [0.3, 0.4) is 0 Å². The van der Waals surface area contributed by atoms with Crippen molar-refractivity contribution >= 4 is 29.2 Å². The Hall–Kier alpha value is -1.52. The minimum atomic E-state index is -0.550. The molecule has 0 radical (unpaired) electrons. The smallest absolute Gasteiger partial charge is 0.341 e.